The summed E-state index contributed by atoms with van der Waals surface area (Å²) < 4.78 is 35.2. The van der Waals surface area contributed by atoms with Crippen LogP contribution in [0.5, 0.6) is 5.75 Å². The summed E-state index contributed by atoms with van der Waals surface area (Å²) in [5.74, 6) is -0.648. The first-order valence-electron chi connectivity index (χ1n) is 6.89. The van der Waals surface area contributed by atoms with E-state index in [2.05, 4.69) is 26.0 Å². The number of alkyl halides is 2. The molecule has 4 nitrogen and oxygen atoms in total. The summed E-state index contributed by atoms with van der Waals surface area (Å²) in [5, 5.41) is 2.82. The molecule has 2 aromatic carbocycles. The van der Waals surface area contributed by atoms with Crippen LogP contribution in [0.15, 0.2) is 34.8 Å². The Labute approximate surface area is 149 Å². The Hall–Kier alpha value is -1.70. The van der Waals surface area contributed by atoms with E-state index in [4.69, 9.17) is 16.3 Å². The van der Waals surface area contributed by atoms with Gasteiger partial charge in [-0.15, -0.1) is 0 Å². The topological polar surface area (TPSA) is 47.6 Å². The predicted molar refractivity (Wildman–Crippen MR) is 88.7 cm³/mol. The summed E-state index contributed by atoms with van der Waals surface area (Å²) in [6.07, 6.45) is 0. The highest BCUT2D eigenvalue weighted by atomic mass is 79.9. The normalized spacial score (nSPS) is 13.0. The lowest BCUT2D eigenvalue weighted by Crippen LogP contribution is -2.14. The van der Waals surface area contributed by atoms with Crippen molar-refractivity contribution in [2.24, 2.45) is 0 Å². The molecule has 0 bridgehead atoms. The maximum Gasteiger partial charge on any atom is 0.387 e. The van der Waals surface area contributed by atoms with E-state index >= 15 is 0 Å². The average molecular weight is 419 g/mol. The quantitative estimate of drug-likeness (QED) is 0.761. The molecule has 0 radical (unpaired) electrons. The molecule has 1 N–H and O–H groups in total. The lowest BCUT2D eigenvalue weighted by molar-refractivity contribution is -0.0498. The molecule has 1 aliphatic rings. The molecule has 3 rings (SSSR count). The Morgan fingerprint density at radius 3 is 2.75 bits per heavy atom. The molecular formula is C16H11BrClF2NO3. The van der Waals surface area contributed by atoms with Crippen LogP contribution in [0.1, 0.15) is 21.5 Å². The van der Waals surface area contributed by atoms with E-state index in [0.717, 1.165) is 11.1 Å². The second kappa shape index (κ2) is 7.04. The van der Waals surface area contributed by atoms with E-state index in [9.17, 15) is 13.6 Å². The number of fused-ring (bicyclic) bond motifs is 1. The highest BCUT2D eigenvalue weighted by Crippen LogP contribution is 2.38. The van der Waals surface area contributed by atoms with Crippen molar-refractivity contribution in [3.63, 3.8) is 0 Å². The zero-order valence-corrected chi connectivity index (χ0v) is 14.5. The van der Waals surface area contributed by atoms with Gasteiger partial charge in [-0.3, -0.25) is 4.79 Å². The van der Waals surface area contributed by atoms with Gasteiger partial charge in [0.2, 0.25) is 0 Å². The Bertz CT molecular complexity index is 801. The Kier molecular flexibility index (Phi) is 5.03. The minimum atomic E-state index is -3.03. The molecule has 1 heterocycles. The third kappa shape index (κ3) is 3.68. The van der Waals surface area contributed by atoms with Gasteiger partial charge < -0.3 is 14.8 Å². The molecule has 1 amide bonds. The van der Waals surface area contributed by atoms with Crippen LogP contribution in [0.3, 0.4) is 0 Å². The van der Waals surface area contributed by atoms with Gasteiger partial charge in [-0.1, -0.05) is 17.7 Å². The third-order valence-corrected chi connectivity index (χ3v) is 4.25. The van der Waals surface area contributed by atoms with Crippen LogP contribution in [0.25, 0.3) is 0 Å². The van der Waals surface area contributed by atoms with Crippen molar-refractivity contribution < 1.29 is 23.0 Å². The molecule has 8 heteroatoms. The molecule has 126 valence electrons. The number of nitrogens with one attached hydrogen (secondary N) is 1. The molecular weight excluding hydrogens is 408 g/mol. The minimum absolute atomic E-state index is 0.0522. The standard InChI is InChI=1S/C16H11BrClF2NO3/c17-12-4-11(18)5-13(14(12)24-16(19)20)21-15(22)8-1-2-9-6-23-7-10(9)3-8/h1-5,16H,6-7H2,(H,21,22). The zero-order chi connectivity index (χ0) is 17.3. The monoisotopic (exact) mass is 417 g/mol. The lowest BCUT2D eigenvalue weighted by atomic mass is 10.1. The van der Waals surface area contributed by atoms with Crippen LogP contribution >= 0.6 is 27.5 Å². The van der Waals surface area contributed by atoms with Crippen LogP contribution in [-0.2, 0) is 18.0 Å². The number of rotatable bonds is 4. The molecule has 0 fully saturated rings. The van der Waals surface area contributed by atoms with Gasteiger partial charge >= 0.3 is 6.61 Å². The average Bonchev–Trinajstić information content (AvgIpc) is 2.97. The maximum atomic E-state index is 12.6. The summed E-state index contributed by atoms with van der Waals surface area (Å²) in [6.45, 7) is -2.07. The van der Waals surface area contributed by atoms with Crippen molar-refractivity contribution in [1.82, 2.24) is 0 Å². The van der Waals surface area contributed by atoms with Crippen LogP contribution in [0.2, 0.25) is 5.02 Å². The van der Waals surface area contributed by atoms with Crippen LogP contribution in [0.4, 0.5) is 14.5 Å². The third-order valence-electron chi connectivity index (χ3n) is 3.45. The molecule has 0 spiro atoms. The first-order valence-corrected chi connectivity index (χ1v) is 8.06. The zero-order valence-electron chi connectivity index (χ0n) is 12.1. The fraction of sp³-hybridized carbons (Fsp3) is 0.188. The first kappa shape index (κ1) is 17.1. The smallest absolute Gasteiger partial charge is 0.387 e. The number of carbonyl (C=O) groups is 1. The SMILES string of the molecule is O=C(Nc1cc(Cl)cc(Br)c1OC(F)F)c1ccc2c(c1)COC2. The van der Waals surface area contributed by atoms with E-state index in [0.29, 0.717) is 18.8 Å². The van der Waals surface area contributed by atoms with Crippen LogP contribution < -0.4 is 10.1 Å². The van der Waals surface area contributed by atoms with Gasteiger partial charge in [-0.25, -0.2) is 0 Å². The second-order valence-electron chi connectivity index (χ2n) is 5.07. The predicted octanol–water partition coefficient (Wildman–Crippen LogP) is 4.99. The lowest BCUT2D eigenvalue weighted by Gasteiger charge is -2.14. The maximum absolute atomic E-state index is 12.6. The highest BCUT2D eigenvalue weighted by molar-refractivity contribution is 9.10. The molecule has 0 atom stereocenters. The molecule has 1 aliphatic heterocycles. The number of hydrogen-bond donors (Lipinski definition) is 1. The number of anilines is 1. The van der Waals surface area contributed by atoms with Crippen LogP contribution in [0, 0.1) is 0 Å². The van der Waals surface area contributed by atoms with Crippen molar-refractivity contribution in [3.05, 3.63) is 56.5 Å². The number of benzene rings is 2. The van der Waals surface area contributed by atoms with Gasteiger partial charge in [0.25, 0.3) is 5.91 Å². The van der Waals surface area contributed by atoms with Crippen molar-refractivity contribution >= 4 is 39.1 Å². The molecule has 0 aromatic heterocycles. The van der Waals surface area contributed by atoms with Crippen molar-refractivity contribution in [3.8, 4) is 5.75 Å². The molecule has 0 unspecified atom stereocenters. The summed E-state index contributed by atoms with van der Waals surface area (Å²) in [6, 6.07) is 7.92. The Morgan fingerprint density at radius 2 is 2.00 bits per heavy atom. The number of halogens is 4. The van der Waals surface area contributed by atoms with Gasteiger partial charge in [-0.05, 0) is 51.3 Å². The van der Waals surface area contributed by atoms with E-state index in [-0.39, 0.29) is 20.9 Å². The van der Waals surface area contributed by atoms with E-state index in [1.165, 1.54) is 12.1 Å². The van der Waals surface area contributed by atoms with E-state index < -0.39 is 12.5 Å². The van der Waals surface area contributed by atoms with Crippen LogP contribution in [-0.4, -0.2) is 12.5 Å². The summed E-state index contributed by atoms with van der Waals surface area (Å²) >= 11 is 9.03. The van der Waals surface area contributed by atoms with Gasteiger partial charge in [0.1, 0.15) is 0 Å². The molecule has 0 saturated heterocycles. The van der Waals surface area contributed by atoms with E-state index in [1.54, 1.807) is 12.1 Å². The van der Waals surface area contributed by atoms with Crippen molar-refractivity contribution in [1.29, 1.82) is 0 Å². The molecule has 0 aliphatic carbocycles. The van der Waals surface area contributed by atoms with Gasteiger partial charge in [0.15, 0.2) is 5.75 Å². The fourth-order valence-corrected chi connectivity index (χ4v) is 3.27. The number of carbonyl (C=O) groups excluding carboxylic acids is 1. The summed E-state index contributed by atoms with van der Waals surface area (Å²) in [5.41, 5.74) is 2.40. The number of amides is 1. The first-order chi connectivity index (χ1) is 11.4. The second-order valence-corrected chi connectivity index (χ2v) is 6.36. The molecule has 2 aromatic rings. The van der Waals surface area contributed by atoms with Crippen molar-refractivity contribution in [2.45, 2.75) is 19.8 Å². The number of ether oxygens (including phenoxy) is 2. The molecule has 0 saturated carbocycles. The van der Waals surface area contributed by atoms with Gasteiger partial charge in [0, 0.05) is 10.6 Å². The summed E-state index contributed by atoms with van der Waals surface area (Å²) in [7, 11) is 0. The molecule has 24 heavy (non-hydrogen) atoms. The van der Waals surface area contributed by atoms with Gasteiger partial charge in [0.05, 0.1) is 23.4 Å². The fourth-order valence-electron chi connectivity index (χ4n) is 2.37. The van der Waals surface area contributed by atoms with Gasteiger partial charge in [-0.2, -0.15) is 8.78 Å². The summed E-state index contributed by atoms with van der Waals surface area (Å²) in [4.78, 5) is 12.4. The highest BCUT2D eigenvalue weighted by Gasteiger charge is 2.19. The largest absolute Gasteiger partial charge is 0.431 e. The Balaban J connectivity index is 1.88. The number of hydrogen-bond acceptors (Lipinski definition) is 3. The van der Waals surface area contributed by atoms with Crippen molar-refractivity contribution in [2.75, 3.05) is 5.32 Å². The Morgan fingerprint density at radius 1 is 1.25 bits per heavy atom. The van der Waals surface area contributed by atoms with E-state index in [1.807, 2.05) is 6.07 Å². The minimum Gasteiger partial charge on any atom is -0.431 e.